The molecule has 0 saturated heterocycles. The maximum absolute atomic E-state index is 11.9. The van der Waals surface area contributed by atoms with E-state index in [0.29, 0.717) is 11.8 Å². The van der Waals surface area contributed by atoms with Crippen molar-refractivity contribution in [1.29, 1.82) is 5.41 Å². The molecule has 0 aliphatic rings. The Bertz CT molecular complexity index is 240. The number of nitrogens with one attached hydrogen (secondary N) is 1. The van der Waals surface area contributed by atoms with Gasteiger partial charge in [0.2, 0.25) is 0 Å². The van der Waals surface area contributed by atoms with Gasteiger partial charge in [0.1, 0.15) is 0 Å². The van der Waals surface area contributed by atoms with Crippen molar-refractivity contribution in [2.75, 3.05) is 0 Å². The third-order valence-electron chi connectivity index (χ3n) is 1.16. The molecule has 0 heterocycles. The molecule has 0 bridgehead atoms. The smallest absolute Gasteiger partial charge is 0.308 e. The van der Waals surface area contributed by atoms with Crippen molar-refractivity contribution < 1.29 is 13.2 Å². The van der Waals surface area contributed by atoms with Crippen molar-refractivity contribution in [3.05, 3.63) is 22.6 Å². The van der Waals surface area contributed by atoms with Crippen LogP contribution in [0.15, 0.2) is 22.6 Å². The first kappa shape index (κ1) is 12.3. The molecule has 0 rings (SSSR count). The molecule has 0 saturated carbocycles. The average Bonchev–Trinajstić information content (AvgIpc) is 1.99. The van der Waals surface area contributed by atoms with Crippen LogP contribution in [-0.4, -0.2) is 11.7 Å². The van der Waals surface area contributed by atoms with E-state index in [1.54, 1.807) is 26.0 Å². The molecule has 0 amide bonds. The maximum Gasteiger partial charge on any atom is 0.446 e. The van der Waals surface area contributed by atoms with Gasteiger partial charge >= 0.3 is 5.51 Å². The number of hydrogen-bond donors (Lipinski definition) is 1. The zero-order chi connectivity index (χ0) is 10.5. The molecule has 0 aromatic rings. The third kappa shape index (κ3) is 5.52. The van der Waals surface area contributed by atoms with Gasteiger partial charge in [-0.2, -0.15) is 13.2 Å². The van der Waals surface area contributed by atoms with Gasteiger partial charge in [0.15, 0.2) is 0 Å². The van der Waals surface area contributed by atoms with Gasteiger partial charge in [-0.15, -0.1) is 0 Å². The molecule has 13 heavy (non-hydrogen) atoms. The van der Waals surface area contributed by atoms with E-state index in [1.807, 2.05) is 0 Å². The predicted molar refractivity (Wildman–Crippen MR) is 49.9 cm³/mol. The summed E-state index contributed by atoms with van der Waals surface area (Å²) in [5.74, 6) is 0. The van der Waals surface area contributed by atoms with Gasteiger partial charge in [0.05, 0.1) is 0 Å². The quantitative estimate of drug-likeness (QED) is 0.555. The summed E-state index contributed by atoms with van der Waals surface area (Å²) in [7, 11) is 0. The van der Waals surface area contributed by atoms with Crippen molar-refractivity contribution >= 4 is 18.0 Å². The lowest BCUT2D eigenvalue weighted by atomic mass is 10.2. The first-order valence-electron chi connectivity index (χ1n) is 3.50. The Hall–Kier alpha value is -0.710. The Kier molecular flexibility index (Phi) is 4.83. The molecule has 5 heteroatoms. The summed E-state index contributed by atoms with van der Waals surface area (Å²) >= 11 is -0.265. The minimum absolute atomic E-state index is 0.0781. The predicted octanol–water partition coefficient (Wildman–Crippen LogP) is 3.74. The van der Waals surface area contributed by atoms with Crippen LogP contribution in [-0.2, 0) is 0 Å². The van der Waals surface area contributed by atoms with Crippen LogP contribution in [0, 0.1) is 5.41 Å². The summed E-state index contributed by atoms with van der Waals surface area (Å²) < 4.78 is 35.7. The fraction of sp³-hybridized carbons (Fsp3) is 0.375. The van der Waals surface area contributed by atoms with Crippen LogP contribution in [0.5, 0.6) is 0 Å². The average molecular weight is 209 g/mol. The van der Waals surface area contributed by atoms with Gasteiger partial charge in [0.25, 0.3) is 0 Å². The largest absolute Gasteiger partial charge is 0.446 e. The normalized spacial score (nSPS) is 14.5. The van der Waals surface area contributed by atoms with Crippen molar-refractivity contribution in [3.63, 3.8) is 0 Å². The highest BCUT2D eigenvalue weighted by molar-refractivity contribution is 8.04. The molecule has 0 spiro atoms. The molecule has 0 fully saturated rings. The standard InChI is InChI=1S/C8H10F3NS/c1-3-4-6(2)7(5-12)13-8(9,10)11/h3-5,12H,1-2H3/b4-3+,7-6+,12-5?. The van der Waals surface area contributed by atoms with Crippen LogP contribution in [0.4, 0.5) is 13.2 Å². The molecule has 0 aliphatic carbocycles. The Morgan fingerprint density at radius 3 is 2.23 bits per heavy atom. The number of allylic oxidation sites excluding steroid dienone is 4. The van der Waals surface area contributed by atoms with Gasteiger partial charge < -0.3 is 5.41 Å². The second-order valence-electron chi connectivity index (χ2n) is 2.24. The van der Waals surface area contributed by atoms with E-state index in [0.717, 1.165) is 0 Å². The summed E-state index contributed by atoms with van der Waals surface area (Å²) in [5, 5.41) is 6.81. The van der Waals surface area contributed by atoms with E-state index < -0.39 is 5.51 Å². The van der Waals surface area contributed by atoms with E-state index in [2.05, 4.69) is 0 Å². The highest BCUT2D eigenvalue weighted by Crippen LogP contribution is 2.36. The number of hydrogen-bond acceptors (Lipinski definition) is 2. The summed E-state index contributed by atoms with van der Waals surface area (Å²) in [6, 6.07) is 0. The first-order valence-corrected chi connectivity index (χ1v) is 4.32. The van der Waals surface area contributed by atoms with Crippen LogP contribution < -0.4 is 0 Å². The Morgan fingerprint density at radius 2 is 1.92 bits per heavy atom. The van der Waals surface area contributed by atoms with E-state index in [-0.39, 0.29) is 16.7 Å². The number of alkyl halides is 3. The van der Waals surface area contributed by atoms with Crippen LogP contribution in [0.1, 0.15) is 13.8 Å². The number of halogens is 3. The molecule has 74 valence electrons. The molecule has 0 unspecified atom stereocenters. The highest BCUT2D eigenvalue weighted by atomic mass is 32.2. The van der Waals surface area contributed by atoms with Crippen molar-refractivity contribution in [2.24, 2.45) is 0 Å². The summed E-state index contributed by atoms with van der Waals surface area (Å²) in [4.78, 5) is -0.0781. The zero-order valence-corrected chi connectivity index (χ0v) is 8.09. The molecule has 0 atom stereocenters. The molecule has 0 aromatic heterocycles. The fourth-order valence-electron chi connectivity index (χ4n) is 0.681. The van der Waals surface area contributed by atoms with E-state index in [4.69, 9.17) is 5.41 Å². The highest BCUT2D eigenvalue weighted by Gasteiger charge is 2.30. The van der Waals surface area contributed by atoms with Gasteiger partial charge in [-0.25, -0.2) is 0 Å². The monoisotopic (exact) mass is 209 g/mol. The van der Waals surface area contributed by atoms with Gasteiger partial charge in [-0.05, 0) is 31.2 Å². The van der Waals surface area contributed by atoms with E-state index in [1.165, 1.54) is 0 Å². The van der Waals surface area contributed by atoms with Gasteiger partial charge in [-0.3, -0.25) is 0 Å². The molecule has 0 aromatic carbocycles. The molecule has 0 aliphatic heterocycles. The fourth-order valence-corrected chi connectivity index (χ4v) is 1.22. The lowest BCUT2D eigenvalue weighted by Crippen LogP contribution is -2.01. The van der Waals surface area contributed by atoms with E-state index in [9.17, 15) is 13.2 Å². The molecule has 0 radical (unpaired) electrons. The molecule has 1 nitrogen and oxygen atoms in total. The lowest BCUT2D eigenvalue weighted by Gasteiger charge is -2.06. The molecule has 1 N–H and O–H groups in total. The lowest BCUT2D eigenvalue weighted by molar-refractivity contribution is -0.0321. The summed E-state index contributed by atoms with van der Waals surface area (Å²) in [6.45, 7) is 3.25. The minimum Gasteiger partial charge on any atom is -0.308 e. The number of thioether (sulfide) groups is 1. The Labute approximate surface area is 79.2 Å². The summed E-state index contributed by atoms with van der Waals surface area (Å²) in [5.41, 5.74) is -3.88. The van der Waals surface area contributed by atoms with E-state index >= 15 is 0 Å². The van der Waals surface area contributed by atoms with Crippen LogP contribution in [0.2, 0.25) is 0 Å². The van der Waals surface area contributed by atoms with Crippen molar-refractivity contribution in [1.82, 2.24) is 0 Å². The maximum atomic E-state index is 11.9. The van der Waals surface area contributed by atoms with Crippen LogP contribution in [0.25, 0.3) is 0 Å². The third-order valence-corrected chi connectivity index (χ3v) is 2.05. The second kappa shape index (κ2) is 5.11. The first-order chi connectivity index (χ1) is 5.90. The minimum atomic E-state index is -4.32. The molecular formula is C8H10F3NS. The Morgan fingerprint density at radius 1 is 1.38 bits per heavy atom. The van der Waals surface area contributed by atoms with Gasteiger partial charge in [-0.1, -0.05) is 12.2 Å². The van der Waals surface area contributed by atoms with Crippen LogP contribution in [0.3, 0.4) is 0 Å². The zero-order valence-electron chi connectivity index (χ0n) is 7.27. The SMILES string of the molecule is C/C=C/C(C)=C(\C=N)SC(F)(F)F. The molecular weight excluding hydrogens is 199 g/mol. The summed E-state index contributed by atoms with van der Waals surface area (Å²) in [6.07, 6.45) is 3.89. The number of rotatable bonds is 3. The second-order valence-corrected chi connectivity index (χ2v) is 3.35. The topological polar surface area (TPSA) is 23.9 Å². The van der Waals surface area contributed by atoms with Gasteiger partial charge in [0, 0.05) is 11.1 Å². The van der Waals surface area contributed by atoms with Crippen molar-refractivity contribution in [3.8, 4) is 0 Å². The van der Waals surface area contributed by atoms with Crippen molar-refractivity contribution in [2.45, 2.75) is 19.4 Å². The Balaban J connectivity index is 4.69. The van der Waals surface area contributed by atoms with Crippen LogP contribution >= 0.6 is 11.8 Å².